The molecule has 2 heterocycles. The summed E-state index contributed by atoms with van der Waals surface area (Å²) in [5.74, 6) is 2.44. The molecule has 0 radical (unpaired) electrons. The third kappa shape index (κ3) is 2.94. The van der Waals surface area contributed by atoms with Gasteiger partial charge in [0, 0.05) is 13.1 Å². The zero-order valence-electron chi connectivity index (χ0n) is 14.8. The molecule has 1 aliphatic carbocycles. The topological polar surface area (TPSA) is 72.3 Å². The molecule has 132 valence electrons. The number of piperidine rings is 1. The number of likely N-dealkylation sites (tertiary alicyclic amines) is 1. The van der Waals surface area contributed by atoms with E-state index in [0.717, 1.165) is 24.4 Å². The van der Waals surface area contributed by atoms with E-state index in [1.54, 1.807) is 18.1 Å². The molecule has 2 aromatic rings. The van der Waals surface area contributed by atoms with Crippen LogP contribution >= 0.6 is 0 Å². The molecule has 1 saturated carbocycles. The third-order valence-corrected chi connectivity index (χ3v) is 5.67. The lowest BCUT2D eigenvalue weighted by molar-refractivity contribution is 0.209. The zero-order chi connectivity index (χ0) is 17.6. The highest BCUT2D eigenvalue weighted by atomic mass is 16.5. The number of carbonyl (C=O) groups excluding carboxylic acids is 1. The van der Waals surface area contributed by atoms with E-state index in [2.05, 4.69) is 29.2 Å². The van der Waals surface area contributed by atoms with Crippen molar-refractivity contribution in [1.82, 2.24) is 19.7 Å². The van der Waals surface area contributed by atoms with Crippen LogP contribution in [-0.4, -0.2) is 45.9 Å². The van der Waals surface area contributed by atoms with Crippen LogP contribution in [0.25, 0.3) is 0 Å². The molecule has 2 fully saturated rings. The molecule has 0 spiro atoms. The van der Waals surface area contributed by atoms with Crippen molar-refractivity contribution >= 4 is 12.0 Å². The van der Waals surface area contributed by atoms with E-state index in [-0.39, 0.29) is 6.03 Å². The van der Waals surface area contributed by atoms with Crippen LogP contribution < -0.4 is 10.1 Å². The molecule has 1 aromatic heterocycles. The summed E-state index contributed by atoms with van der Waals surface area (Å²) in [7, 11) is 1.65. The van der Waals surface area contributed by atoms with Crippen molar-refractivity contribution in [3.05, 3.63) is 36.2 Å². The fourth-order valence-corrected chi connectivity index (χ4v) is 3.82. The van der Waals surface area contributed by atoms with Gasteiger partial charge in [0.1, 0.15) is 12.1 Å². The van der Waals surface area contributed by atoms with Crippen molar-refractivity contribution in [2.45, 2.75) is 20.4 Å². The van der Waals surface area contributed by atoms with Crippen molar-refractivity contribution in [2.24, 2.45) is 17.3 Å². The van der Waals surface area contributed by atoms with Gasteiger partial charge in [-0.1, -0.05) is 26.0 Å². The van der Waals surface area contributed by atoms with Crippen LogP contribution in [0.2, 0.25) is 0 Å². The second-order valence-electron chi connectivity index (χ2n) is 7.48. The molecule has 7 heteroatoms. The number of rotatable bonds is 4. The molecule has 2 amide bonds. The van der Waals surface area contributed by atoms with Crippen molar-refractivity contribution in [3.63, 3.8) is 0 Å². The van der Waals surface area contributed by atoms with E-state index >= 15 is 0 Å². The minimum Gasteiger partial charge on any atom is -0.497 e. The van der Waals surface area contributed by atoms with Crippen LogP contribution in [0, 0.1) is 17.3 Å². The van der Waals surface area contributed by atoms with E-state index in [4.69, 9.17) is 4.74 Å². The molecule has 25 heavy (non-hydrogen) atoms. The second kappa shape index (κ2) is 5.75. The molecule has 1 aliphatic heterocycles. The Morgan fingerprint density at radius 2 is 1.96 bits per heavy atom. The highest BCUT2D eigenvalue weighted by Crippen LogP contribution is 2.61. The number of nitrogens with one attached hydrogen (secondary N) is 1. The minimum absolute atomic E-state index is 0.106. The average Bonchev–Trinajstić information content (AvgIpc) is 3.04. The molecule has 0 bridgehead atoms. The van der Waals surface area contributed by atoms with Crippen LogP contribution in [0.15, 0.2) is 30.6 Å². The molecular weight excluding hydrogens is 318 g/mol. The number of anilines is 1. The highest BCUT2D eigenvalue weighted by Gasteiger charge is 2.62. The fraction of sp³-hybridized carbons (Fsp3) is 0.500. The number of nitrogens with zero attached hydrogens (tertiary/aromatic N) is 4. The summed E-state index contributed by atoms with van der Waals surface area (Å²) in [6.45, 7) is 6.81. The van der Waals surface area contributed by atoms with Gasteiger partial charge >= 0.3 is 6.03 Å². The number of urea groups is 1. The smallest absolute Gasteiger partial charge is 0.324 e. The van der Waals surface area contributed by atoms with E-state index in [1.807, 2.05) is 29.2 Å². The first-order valence-electron chi connectivity index (χ1n) is 8.55. The standard InChI is InChI=1S/C18H23N5O2/c1-18(2)14-9-22(10-15(14)18)17(24)20-16-19-11-23(21-16)8-12-4-6-13(25-3)7-5-12/h4-7,11,14-15H,8-10H2,1-3H3,(H,20,21,24). The Kier molecular flexibility index (Phi) is 3.67. The van der Waals surface area contributed by atoms with E-state index in [0.29, 0.717) is 29.7 Å². The van der Waals surface area contributed by atoms with Gasteiger partial charge in [0.2, 0.25) is 5.95 Å². The van der Waals surface area contributed by atoms with Crippen LogP contribution in [0.5, 0.6) is 5.75 Å². The first-order chi connectivity index (χ1) is 12.0. The first kappa shape index (κ1) is 15.9. The van der Waals surface area contributed by atoms with Gasteiger partial charge in [-0.15, -0.1) is 5.10 Å². The number of hydrogen-bond acceptors (Lipinski definition) is 4. The Hall–Kier alpha value is -2.57. The Morgan fingerprint density at radius 3 is 2.60 bits per heavy atom. The average molecular weight is 341 g/mol. The number of benzene rings is 1. The number of carbonyl (C=O) groups is 1. The third-order valence-electron chi connectivity index (χ3n) is 5.67. The highest BCUT2D eigenvalue weighted by molar-refractivity contribution is 5.87. The van der Waals surface area contributed by atoms with Gasteiger partial charge < -0.3 is 9.64 Å². The lowest BCUT2D eigenvalue weighted by Crippen LogP contribution is -2.36. The predicted octanol–water partition coefficient (Wildman–Crippen LogP) is 2.45. The van der Waals surface area contributed by atoms with Gasteiger partial charge in [-0.2, -0.15) is 0 Å². The summed E-state index contributed by atoms with van der Waals surface area (Å²) in [4.78, 5) is 18.4. The first-order valence-corrected chi connectivity index (χ1v) is 8.55. The van der Waals surface area contributed by atoms with E-state index < -0.39 is 0 Å². The number of fused-ring (bicyclic) bond motifs is 1. The zero-order valence-corrected chi connectivity index (χ0v) is 14.8. The largest absolute Gasteiger partial charge is 0.497 e. The Bertz CT molecular complexity index is 769. The molecular formula is C18H23N5O2. The normalized spacial score (nSPS) is 23.2. The van der Waals surface area contributed by atoms with Gasteiger partial charge in [-0.25, -0.2) is 14.5 Å². The molecule has 7 nitrogen and oxygen atoms in total. The summed E-state index contributed by atoms with van der Waals surface area (Å²) in [6.07, 6.45) is 1.63. The van der Waals surface area contributed by atoms with Crippen molar-refractivity contribution in [1.29, 1.82) is 0 Å². The maximum absolute atomic E-state index is 12.3. The number of methoxy groups -OCH3 is 1. The van der Waals surface area contributed by atoms with Crippen molar-refractivity contribution in [3.8, 4) is 5.75 Å². The molecule has 2 atom stereocenters. The Balaban J connectivity index is 1.33. The Morgan fingerprint density at radius 1 is 1.28 bits per heavy atom. The summed E-state index contributed by atoms with van der Waals surface area (Å²) in [6, 6.07) is 7.68. The summed E-state index contributed by atoms with van der Waals surface area (Å²) in [5.41, 5.74) is 1.49. The quantitative estimate of drug-likeness (QED) is 0.927. The predicted molar refractivity (Wildman–Crippen MR) is 93.5 cm³/mol. The fourth-order valence-electron chi connectivity index (χ4n) is 3.82. The van der Waals surface area contributed by atoms with Gasteiger partial charge in [0.15, 0.2) is 0 Å². The summed E-state index contributed by atoms with van der Waals surface area (Å²) < 4.78 is 6.86. The number of ether oxygens (including phenoxy) is 1. The van der Waals surface area contributed by atoms with Gasteiger partial charge in [0.05, 0.1) is 13.7 Å². The number of amides is 2. The second-order valence-corrected chi connectivity index (χ2v) is 7.48. The molecule has 2 unspecified atom stereocenters. The number of aromatic nitrogens is 3. The van der Waals surface area contributed by atoms with E-state index in [1.165, 1.54) is 0 Å². The summed E-state index contributed by atoms with van der Waals surface area (Å²) in [5, 5.41) is 7.13. The molecule has 1 N–H and O–H groups in total. The monoisotopic (exact) mass is 341 g/mol. The van der Waals surface area contributed by atoms with E-state index in [9.17, 15) is 4.79 Å². The maximum atomic E-state index is 12.3. The molecule has 4 rings (SSSR count). The van der Waals surface area contributed by atoms with Gasteiger partial charge in [0.25, 0.3) is 0 Å². The number of hydrogen-bond donors (Lipinski definition) is 1. The van der Waals surface area contributed by atoms with Crippen LogP contribution in [0.4, 0.5) is 10.7 Å². The summed E-state index contributed by atoms with van der Waals surface area (Å²) >= 11 is 0. The lowest BCUT2D eigenvalue weighted by Gasteiger charge is -2.21. The minimum atomic E-state index is -0.106. The van der Waals surface area contributed by atoms with Crippen LogP contribution in [-0.2, 0) is 6.54 Å². The molecule has 2 aliphatic rings. The van der Waals surface area contributed by atoms with Crippen LogP contribution in [0.1, 0.15) is 19.4 Å². The van der Waals surface area contributed by atoms with Crippen LogP contribution in [0.3, 0.4) is 0 Å². The lowest BCUT2D eigenvalue weighted by atomic mass is 10.1. The molecule has 1 aromatic carbocycles. The maximum Gasteiger partial charge on any atom is 0.324 e. The van der Waals surface area contributed by atoms with Crippen molar-refractivity contribution < 1.29 is 9.53 Å². The van der Waals surface area contributed by atoms with Crippen molar-refractivity contribution in [2.75, 3.05) is 25.5 Å². The molecule has 1 saturated heterocycles. The van der Waals surface area contributed by atoms with Gasteiger partial charge in [-0.05, 0) is 34.9 Å². The SMILES string of the molecule is COc1ccc(Cn2cnc(NC(=O)N3CC4C(C3)C4(C)C)n2)cc1. The Labute approximate surface area is 147 Å². The van der Waals surface area contributed by atoms with Gasteiger partial charge in [-0.3, -0.25) is 5.32 Å².